The third-order valence-corrected chi connectivity index (χ3v) is 3.43. The standard InChI is InChI=1S/C14H14N2O2S/c1-16(14(18)13-5-2-6-15-13)9-11-8-12(19-10-11)4-3-7-17/h2,5-6,8,10,15,17H,7,9H2,1H3. The van der Waals surface area contributed by atoms with E-state index < -0.39 is 0 Å². The second-order valence-corrected chi connectivity index (χ2v) is 4.94. The Morgan fingerprint density at radius 1 is 1.58 bits per heavy atom. The highest BCUT2D eigenvalue weighted by Gasteiger charge is 2.12. The Morgan fingerprint density at radius 3 is 3.11 bits per heavy atom. The first-order valence-corrected chi connectivity index (χ1v) is 6.64. The van der Waals surface area contributed by atoms with E-state index in [1.54, 1.807) is 30.3 Å². The van der Waals surface area contributed by atoms with Crippen molar-refractivity contribution in [2.45, 2.75) is 6.54 Å². The van der Waals surface area contributed by atoms with Crippen LogP contribution in [0.1, 0.15) is 20.9 Å². The van der Waals surface area contributed by atoms with Gasteiger partial charge in [-0.05, 0) is 29.1 Å². The van der Waals surface area contributed by atoms with Crippen LogP contribution in [0.4, 0.5) is 0 Å². The Kier molecular flexibility index (Phi) is 4.39. The van der Waals surface area contributed by atoms with E-state index in [1.807, 2.05) is 11.4 Å². The first-order valence-electron chi connectivity index (χ1n) is 5.76. The molecule has 0 saturated carbocycles. The number of hydrogen-bond acceptors (Lipinski definition) is 3. The lowest BCUT2D eigenvalue weighted by Crippen LogP contribution is -2.26. The van der Waals surface area contributed by atoms with E-state index in [1.165, 1.54) is 11.3 Å². The molecule has 4 nitrogen and oxygen atoms in total. The van der Waals surface area contributed by atoms with E-state index in [2.05, 4.69) is 16.8 Å². The largest absolute Gasteiger partial charge is 0.384 e. The smallest absolute Gasteiger partial charge is 0.270 e. The number of hydrogen-bond donors (Lipinski definition) is 2. The molecule has 5 heteroatoms. The molecule has 0 aliphatic rings. The fourth-order valence-corrected chi connectivity index (χ4v) is 2.44. The van der Waals surface area contributed by atoms with Crippen molar-refractivity contribution in [2.75, 3.05) is 13.7 Å². The van der Waals surface area contributed by atoms with E-state index in [9.17, 15) is 4.79 Å². The van der Waals surface area contributed by atoms with Crippen LogP contribution in [0.3, 0.4) is 0 Å². The highest BCUT2D eigenvalue weighted by atomic mass is 32.1. The monoisotopic (exact) mass is 274 g/mol. The number of carbonyl (C=O) groups is 1. The van der Waals surface area contributed by atoms with E-state index >= 15 is 0 Å². The van der Waals surface area contributed by atoms with Crippen LogP contribution < -0.4 is 0 Å². The maximum absolute atomic E-state index is 12.0. The van der Waals surface area contributed by atoms with Crippen molar-refractivity contribution in [2.24, 2.45) is 0 Å². The molecular weight excluding hydrogens is 260 g/mol. The Hall–Kier alpha value is -2.03. The minimum absolute atomic E-state index is 0.0424. The molecule has 2 aromatic rings. The summed E-state index contributed by atoms with van der Waals surface area (Å²) in [5, 5.41) is 10.6. The van der Waals surface area contributed by atoms with Gasteiger partial charge in [0.05, 0.1) is 4.88 Å². The second-order valence-electron chi connectivity index (χ2n) is 4.02. The molecule has 0 unspecified atom stereocenters. The number of H-pyrrole nitrogens is 1. The van der Waals surface area contributed by atoms with Crippen LogP contribution in [0.15, 0.2) is 29.8 Å². The maximum atomic E-state index is 12.0. The topological polar surface area (TPSA) is 56.3 Å². The number of rotatable bonds is 3. The molecule has 0 aromatic carbocycles. The van der Waals surface area contributed by atoms with Crippen LogP contribution in [-0.4, -0.2) is 34.6 Å². The third kappa shape index (κ3) is 3.47. The molecule has 19 heavy (non-hydrogen) atoms. The van der Waals surface area contributed by atoms with E-state index in [4.69, 9.17) is 5.11 Å². The lowest BCUT2D eigenvalue weighted by atomic mass is 10.2. The SMILES string of the molecule is CN(Cc1csc(C#CCO)c1)C(=O)c1ccc[nH]1. The second kappa shape index (κ2) is 6.23. The predicted octanol–water partition coefficient (Wildman–Crippen LogP) is 1.69. The van der Waals surface area contributed by atoms with Gasteiger partial charge >= 0.3 is 0 Å². The van der Waals surface area contributed by atoms with Gasteiger partial charge in [-0.25, -0.2) is 0 Å². The lowest BCUT2D eigenvalue weighted by molar-refractivity contribution is 0.0780. The number of nitrogens with zero attached hydrogens (tertiary/aromatic N) is 1. The summed E-state index contributed by atoms with van der Waals surface area (Å²) in [5.74, 6) is 5.42. The van der Waals surface area contributed by atoms with Crippen LogP contribution in [0.5, 0.6) is 0 Å². The number of aromatic nitrogens is 1. The fraction of sp³-hybridized carbons (Fsp3) is 0.214. The Morgan fingerprint density at radius 2 is 2.42 bits per heavy atom. The van der Waals surface area contributed by atoms with Gasteiger partial charge in [0.25, 0.3) is 5.91 Å². The molecule has 0 radical (unpaired) electrons. The molecule has 1 amide bonds. The predicted molar refractivity (Wildman–Crippen MR) is 74.9 cm³/mol. The Balaban J connectivity index is 2.01. The Bertz CT molecular complexity index is 605. The summed E-state index contributed by atoms with van der Waals surface area (Å²) in [6.07, 6.45) is 1.73. The lowest BCUT2D eigenvalue weighted by Gasteiger charge is -2.15. The van der Waals surface area contributed by atoms with Gasteiger partial charge in [-0.3, -0.25) is 4.79 Å². The summed E-state index contributed by atoms with van der Waals surface area (Å²) in [6.45, 7) is 0.396. The first kappa shape index (κ1) is 13.4. The van der Waals surface area contributed by atoms with Gasteiger partial charge in [-0.1, -0.05) is 11.8 Å². The van der Waals surface area contributed by atoms with Crippen molar-refractivity contribution >= 4 is 17.2 Å². The normalized spacial score (nSPS) is 9.79. The summed E-state index contributed by atoms with van der Waals surface area (Å²) >= 11 is 1.51. The van der Waals surface area contributed by atoms with Gasteiger partial charge < -0.3 is 15.0 Å². The summed E-state index contributed by atoms with van der Waals surface area (Å²) in [5.41, 5.74) is 1.62. The zero-order chi connectivity index (χ0) is 13.7. The highest BCUT2D eigenvalue weighted by molar-refractivity contribution is 7.10. The minimum atomic E-state index is -0.140. The molecule has 0 aliphatic heterocycles. The molecule has 98 valence electrons. The molecular formula is C14H14N2O2S. The van der Waals surface area contributed by atoms with Crippen molar-refractivity contribution in [3.8, 4) is 11.8 Å². The Labute approximate surface area is 115 Å². The highest BCUT2D eigenvalue weighted by Crippen LogP contribution is 2.15. The number of nitrogens with one attached hydrogen (secondary N) is 1. The third-order valence-electron chi connectivity index (χ3n) is 2.54. The van der Waals surface area contributed by atoms with Crippen LogP contribution >= 0.6 is 11.3 Å². The molecule has 0 saturated heterocycles. The van der Waals surface area contributed by atoms with Crippen molar-refractivity contribution in [1.29, 1.82) is 0 Å². The minimum Gasteiger partial charge on any atom is -0.384 e. The molecule has 0 aliphatic carbocycles. The number of thiophene rings is 1. The van der Waals surface area contributed by atoms with Gasteiger partial charge in [0.15, 0.2) is 0 Å². The van der Waals surface area contributed by atoms with Gasteiger partial charge in [0, 0.05) is 19.8 Å². The van der Waals surface area contributed by atoms with Gasteiger partial charge in [-0.15, -0.1) is 11.3 Å². The van der Waals surface area contributed by atoms with Gasteiger partial charge in [0.1, 0.15) is 12.3 Å². The molecule has 0 spiro atoms. The van der Waals surface area contributed by atoms with Crippen molar-refractivity contribution in [3.05, 3.63) is 45.9 Å². The molecule has 0 atom stereocenters. The average Bonchev–Trinajstić information content (AvgIpc) is 3.06. The van der Waals surface area contributed by atoms with Crippen LogP contribution in [0.25, 0.3) is 0 Å². The van der Waals surface area contributed by atoms with Crippen LogP contribution in [0, 0.1) is 11.8 Å². The molecule has 2 aromatic heterocycles. The number of aliphatic hydroxyl groups is 1. The number of carbonyl (C=O) groups excluding carboxylic acids is 1. The van der Waals surface area contributed by atoms with E-state index in [-0.39, 0.29) is 12.5 Å². The molecule has 0 fully saturated rings. The van der Waals surface area contributed by atoms with Crippen molar-refractivity contribution in [3.63, 3.8) is 0 Å². The average molecular weight is 274 g/mol. The fourth-order valence-electron chi connectivity index (χ4n) is 1.67. The zero-order valence-corrected chi connectivity index (χ0v) is 11.3. The van der Waals surface area contributed by atoms with Crippen molar-refractivity contribution in [1.82, 2.24) is 9.88 Å². The maximum Gasteiger partial charge on any atom is 0.270 e. The number of aliphatic hydroxyl groups excluding tert-OH is 1. The zero-order valence-electron chi connectivity index (χ0n) is 10.5. The van der Waals surface area contributed by atoms with E-state index in [0.717, 1.165) is 10.4 Å². The molecule has 0 bridgehead atoms. The summed E-state index contributed by atoms with van der Waals surface area (Å²) < 4.78 is 0. The number of amides is 1. The van der Waals surface area contributed by atoms with Gasteiger partial charge in [-0.2, -0.15) is 0 Å². The summed E-state index contributed by atoms with van der Waals surface area (Å²) in [4.78, 5) is 17.5. The molecule has 2 heterocycles. The molecule has 2 rings (SSSR count). The van der Waals surface area contributed by atoms with E-state index in [0.29, 0.717) is 12.2 Å². The van der Waals surface area contributed by atoms with Crippen molar-refractivity contribution < 1.29 is 9.90 Å². The molecule has 2 N–H and O–H groups in total. The number of aromatic amines is 1. The van der Waals surface area contributed by atoms with Gasteiger partial charge in [0.2, 0.25) is 0 Å². The first-order chi connectivity index (χ1) is 9.20. The quantitative estimate of drug-likeness (QED) is 0.837. The summed E-state index contributed by atoms with van der Waals surface area (Å²) in [7, 11) is 1.76. The van der Waals surface area contributed by atoms with Crippen LogP contribution in [0.2, 0.25) is 0 Å². The summed E-state index contributed by atoms with van der Waals surface area (Å²) in [6, 6.07) is 5.49. The van der Waals surface area contributed by atoms with Crippen LogP contribution in [-0.2, 0) is 6.54 Å².